The zero-order chi connectivity index (χ0) is 20.2. The van der Waals surface area contributed by atoms with Gasteiger partial charge in [0.1, 0.15) is 12.6 Å². The molecule has 2 fully saturated rings. The lowest BCUT2D eigenvalue weighted by Gasteiger charge is -2.30. The van der Waals surface area contributed by atoms with Gasteiger partial charge in [0.05, 0.1) is 6.04 Å². The Balaban J connectivity index is 1.41. The molecule has 2 saturated heterocycles. The number of hydrogen-bond acceptors (Lipinski definition) is 6. The first-order valence-corrected chi connectivity index (χ1v) is 10.7. The van der Waals surface area contributed by atoms with Crippen molar-refractivity contribution < 1.29 is 19.1 Å². The molecule has 152 valence electrons. The van der Waals surface area contributed by atoms with Crippen LogP contribution in [0.4, 0.5) is 4.79 Å². The summed E-state index contributed by atoms with van der Waals surface area (Å²) in [7, 11) is 0. The van der Waals surface area contributed by atoms with Crippen molar-refractivity contribution in [2.75, 3.05) is 13.1 Å². The molecule has 8 heteroatoms. The van der Waals surface area contributed by atoms with E-state index < -0.39 is 18.2 Å². The second-order valence-corrected chi connectivity index (χ2v) is 8.18. The van der Waals surface area contributed by atoms with E-state index in [1.807, 2.05) is 30.3 Å². The number of carbonyl (C=O) groups excluding carboxylic acids is 3. The van der Waals surface area contributed by atoms with E-state index in [0.717, 1.165) is 18.4 Å². The van der Waals surface area contributed by atoms with E-state index in [9.17, 15) is 14.4 Å². The second kappa shape index (κ2) is 8.73. The number of amides is 2. The summed E-state index contributed by atoms with van der Waals surface area (Å²) in [6.45, 7) is 1.19. The van der Waals surface area contributed by atoms with Crippen molar-refractivity contribution in [3.05, 3.63) is 52.5 Å². The Morgan fingerprint density at radius 1 is 1.03 bits per heavy atom. The maximum absolute atomic E-state index is 13.2. The van der Waals surface area contributed by atoms with Crippen LogP contribution in [0.25, 0.3) is 0 Å². The number of ketones is 1. The minimum Gasteiger partial charge on any atom is -0.445 e. The van der Waals surface area contributed by atoms with Crippen LogP contribution in [0.1, 0.15) is 41.0 Å². The minimum atomic E-state index is -0.567. The van der Waals surface area contributed by atoms with E-state index in [4.69, 9.17) is 4.74 Å². The molecular formula is C21H23N3O4S. The number of rotatable bonds is 5. The lowest BCUT2D eigenvalue weighted by atomic mass is 10.1. The van der Waals surface area contributed by atoms with Gasteiger partial charge in [0.2, 0.25) is 11.7 Å². The SMILES string of the molecule is O=C(c1nccs1)C1CCCN1C(=O)C1CCCN1C(=O)OCc1ccccc1. The molecule has 0 spiro atoms. The maximum atomic E-state index is 13.2. The van der Waals surface area contributed by atoms with Gasteiger partial charge in [-0.15, -0.1) is 11.3 Å². The number of hydrogen-bond donors (Lipinski definition) is 0. The first kappa shape index (κ1) is 19.6. The highest BCUT2D eigenvalue weighted by molar-refractivity contribution is 7.11. The summed E-state index contributed by atoms with van der Waals surface area (Å²) >= 11 is 1.29. The topological polar surface area (TPSA) is 79.8 Å². The molecule has 4 rings (SSSR count). The Kier molecular flexibility index (Phi) is 5.89. The molecule has 2 amide bonds. The molecule has 0 N–H and O–H groups in total. The van der Waals surface area contributed by atoms with Gasteiger partial charge in [0.25, 0.3) is 0 Å². The zero-order valence-electron chi connectivity index (χ0n) is 16.0. The van der Waals surface area contributed by atoms with Crippen molar-refractivity contribution in [2.24, 2.45) is 0 Å². The van der Waals surface area contributed by atoms with Crippen molar-refractivity contribution in [1.29, 1.82) is 0 Å². The minimum absolute atomic E-state index is 0.109. The maximum Gasteiger partial charge on any atom is 0.410 e. The van der Waals surface area contributed by atoms with E-state index in [0.29, 0.717) is 30.9 Å². The van der Waals surface area contributed by atoms with Gasteiger partial charge in [-0.05, 0) is 31.2 Å². The molecule has 3 heterocycles. The highest BCUT2D eigenvalue weighted by atomic mass is 32.1. The van der Waals surface area contributed by atoms with Crippen LogP contribution in [0.3, 0.4) is 0 Å². The van der Waals surface area contributed by atoms with Gasteiger partial charge >= 0.3 is 6.09 Å². The Morgan fingerprint density at radius 2 is 1.76 bits per heavy atom. The van der Waals surface area contributed by atoms with Crippen LogP contribution in [0, 0.1) is 0 Å². The summed E-state index contributed by atoms with van der Waals surface area (Å²) < 4.78 is 5.43. The molecule has 0 saturated carbocycles. The fraction of sp³-hybridized carbons (Fsp3) is 0.429. The third kappa shape index (κ3) is 4.17. The summed E-state index contributed by atoms with van der Waals surface area (Å²) in [4.78, 5) is 45.8. The summed E-state index contributed by atoms with van der Waals surface area (Å²) in [5.41, 5.74) is 0.900. The lowest BCUT2D eigenvalue weighted by molar-refractivity contribution is -0.135. The van der Waals surface area contributed by atoms with Crippen molar-refractivity contribution in [1.82, 2.24) is 14.8 Å². The summed E-state index contributed by atoms with van der Waals surface area (Å²) in [5.74, 6) is -0.270. The number of benzene rings is 1. The fourth-order valence-corrected chi connectivity index (χ4v) is 4.65. The largest absolute Gasteiger partial charge is 0.445 e. The second-order valence-electron chi connectivity index (χ2n) is 7.28. The molecule has 2 aliphatic heterocycles. The number of thiazole rings is 1. The van der Waals surface area contributed by atoms with Gasteiger partial charge < -0.3 is 9.64 Å². The number of aromatic nitrogens is 1. The van der Waals surface area contributed by atoms with Crippen molar-refractivity contribution >= 4 is 29.1 Å². The van der Waals surface area contributed by atoms with Crippen LogP contribution < -0.4 is 0 Å². The number of carbonyl (C=O) groups is 3. The Bertz CT molecular complexity index is 871. The van der Waals surface area contributed by atoms with E-state index >= 15 is 0 Å². The third-order valence-corrected chi connectivity index (χ3v) is 6.25. The molecule has 29 heavy (non-hydrogen) atoms. The highest BCUT2D eigenvalue weighted by Gasteiger charge is 2.43. The van der Waals surface area contributed by atoms with Crippen LogP contribution in [-0.2, 0) is 16.1 Å². The molecule has 2 aromatic rings. The fourth-order valence-electron chi connectivity index (χ4n) is 4.03. The van der Waals surface area contributed by atoms with E-state index in [1.54, 1.807) is 16.5 Å². The van der Waals surface area contributed by atoms with E-state index in [2.05, 4.69) is 4.98 Å². The first-order chi connectivity index (χ1) is 14.1. The molecule has 0 aliphatic carbocycles. The van der Waals surface area contributed by atoms with Crippen molar-refractivity contribution in [3.63, 3.8) is 0 Å². The summed E-state index contributed by atoms with van der Waals surface area (Å²) in [5, 5.41) is 2.19. The normalized spacial score (nSPS) is 21.4. The Labute approximate surface area is 173 Å². The number of nitrogens with zero attached hydrogens (tertiary/aromatic N) is 3. The lowest BCUT2D eigenvalue weighted by Crippen LogP contribution is -2.51. The molecule has 1 aromatic carbocycles. The smallest absolute Gasteiger partial charge is 0.410 e. The predicted molar refractivity (Wildman–Crippen MR) is 108 cm³/mol. The first-order valence-electron chi connectivity index (χ1n) is 9.86. The van der Waals surface area contributed by atoms with Crippen LogP contribution in [0.2, 0.25) is 0 Å². The average molecular weight is 413 g/mol. The Hall–Kier alpha value is -2.74. The molecular weight excluding hydrogens is 390 g/mol. The van der Waals surface area contributed by atoms with Gasteiger partial charge in [0.15, 0.2) is 5.01 Å². The predicted octanol–water partition coefficient (Wildman–Crippen LogP) is 3.12. The van der Waals surface area contributed by atoms with Crippen molar-refractivity contribution in [3.8, 4) is 0 Å². The zero-order valence-corrected chi connectivity index (χ0v) is 16.8. The molecule has 1 aromatic heterocycles. The van der Waals surface area contributed by atoms with Crippen LogP contribution in [-0.4, -0.2) is 57.7 Å². The molecule has 0 bridgehead atoms. The number of ether oxygens (including phenoxy) is 1. The van der Waals surface area contributed by atoms with Gasteiger partial charge in [-0.2, -0.15) is 0 Å². The van der Waals surface area contributed by atoms with E-state index in [1.165, 1.54) is 16.2 Å². The molecule has 2 aliphatic rings. The van der Waals surface area contributed by atoms with Gasteiger partial charge in [0, 0.05) is 24.7 Å². The van der Waals surface area contributed by atoms with E-state index in [-0.39, 0.29) is 18.3 Å². The number of Topliss-reactive ketones (excluding diaryl/α,β-unsaturated/α-hetero) is 1. The third-order valence-electron chi connectivity index (χ3n) is 5.46. The van der Waals surface area contributed by atoms with Crippen LogP contribution >= 0.6 is 11.3 Å². The standard InChI is InChI=1S/C21H23N3O4S/c25-18(19-22-10-13-29-19)16-8-4-11-23(16)20(26)17-9-5-12-24(17)21(27)28-14-15-6-2-1-3-7-15/h1-3,6-7,10,13,16-17H,4-5,8-9,11-12,14H2. The summed E-state index contributed by atoms with van der Waals surface area (Å²) in [6, 6.07) is 8.40. The van der Waals surface area contributed by atoms with Crippen LogP contribution in [0.15, 0.2) is 41.9 Å². The Morgan fingerprint density at radius 3 is 2.48 bits per heavy atom. The van der Waals surface area contributed by atoms with Gasteiger partial charge in [-0.3, -0.25) is 14.5 Å². The van der Waals surface area contributed by atoms with Gasteiger partial charge in [-0.1, -0.05) is 30.3 Å². The highest BCUT2D eigenvalue weighted by Crippen LogP contribution is 2.27. The molecule has 0 radical (unpaired) electrons. The summed E-state index contributed by atoms with van der Waals surface area (Å²) in [6.07, 6.45) is 3.87. The van der Waals surface area contributed by atoms with Gasteiger partial charge in [-0.25, -0.2) is 9.78 Å². The molecule has 7 nitrogen and oxygen atoms in total. The number of likely N-dealkylation sites (tertiary alicyclic amines) is 2. The molecule has 2 atom stereocenters. The quantitative estimate of drug-likeness (QED) is 0.704. The van der Waals surface area contributed by atoms with Crippen molar-refractivity contribution in [2.45, 2.75) is 44.4 Å². The monoisotopic (exact) mass is 413 g/mol. The average Bonchev–Trinajstić information content (AvgIpc) is 3.52. The molecule has 2 unspecified atom stereocenters. The van der Waals surface area contributed by atoms with Crippen LogP contribution in [0.5, 0.6) is 0 Å².